The van der Waals surface area contributed by atoms with Crippen LogP contribution in [0.4, 0.5) is 0 Å². The zero-order chi connectivity index (χ0) is 43.6. The molecule has 388 valence electrons. The highest BCUT2D eigenvalue weighted by Gasteiger charge is 2.69. The van der Waals surface area contributed by atoms with Crippen molar-refractivity contribution in [2.45, 2.75) is 277 Å². The SMILES string of the molecule is C.C.C.C.C.C.CCC(C)(C)C(=O)OC1(CC)CC2CC1C1C3CCC(C3)C21.CCC(C)(C)C(=O)OC12CC3CC(CC(O)(C3)C1)C2.CCC(C)(C)C(=O)OC1C2CC3C(O2)C1OC3(C)C. The van der Waals surface area contributed by atoms with Gasteiger partial charge in [0, 0.05) is 18.3 Å². The molecule has 10 bridgehead atoms. The lowest BCUT2D eigenvalue weighted by Crippen LogP contribution is -2.61. The second-order valence-electron chi connectivity index (χ2n) is 24.6. The number of hydrogen-bond donors (Lipinski definition) is 1. The van der Waals surface area contributed by atoms with Crippen molar-refractivity contribution in [3.8, 4) is 0 Å². The smallest absolute Gasteiger partial charge is 0.312 e. The van der Waals surface area contributed by atoms with E-state index in [0.717, 1.165) is 93.8 Å². The predicted molar refractivity (Wildman–Crippen MR) is 270 cm³/mol. The second kappa shape index (κ2) is 20.6. The van der Waals surface area contributed by atoms with Crippen molar-refractivity contribution in [3.63, 3.8) is 0 Å². The molecule has 3 heterocycles. The van der Waals surface area contributed by atoms with Gasteiger partial charge in [0.25, 0.3) is 0 Å². The van der Waals surface area contributed by atoms with Crippen molar-refractivity contribution in [1.29, 1.82) is 0 Å². The van der Waals surface area contributed by atoms with Crippen LogP contribution in [0.15, 0.2) is 0 Å². The van der Waals surface area contributed by atoms with Gasteiger partial charge in [-0.3, -0.25) is 14.4 Å². The molecule has 9 heteroatoms. The Labute approximate surface area is 406 Å². The van der Waals surface area contributed by atoms with E-state index in [0.29, 0.717) is 30.1 Å². The van der Waals surface area contributed by atoms with Crippen LogP contribution in [-0.4, -0.2) is 69.8 Å². The van der Waals surface area contributed by atoms with Crippen LogP contribution in [0, 0.1) is 69.5 Å². The first-order valence-corrected chi connectivity index (χ1v) is 24.7. The molecule has 11 aliphatic rings. The highest BCUT2D eigenvalue weighted by atomic mass is 16.6. The van der Waals surface area contributed by atoms with E-state index in [1.807, 2.05) is 55.4 Å². The fourth-order valence-electron chi connectivity index (χ4n) is 15.0. The van der Waals surface area contributed by atoms with Crippen LogP contribution in [0.1, 0.15) is 230 Å². The minimum atomic E-state index is -0.555. The number of hydrogen-bond acceptors (Lipinski definition) is 9. The van der Waals surface area contributed by atoms with Crippen molar-refractivity contribution in [2.75, 3.05) is 0 Å². The lowest BCUT2D eigenvalue weighted by atomic mass is 9.52. The quantitative estimate of drug-likeness (QED) is 0.130. The summed E-state index contributed by atoms with van der Waals surface area (Å²) < 4.78 is 30.1. The first-order valence-electron chi connectivity index (χ1n) is 24.7. The molecule has 0 amide bonds. The minimum Gasteiger partial charge on any atom is -0.459 e. The molecule has 0 aromatic rings. The number of rotatable bonds is 10. The van der Waals surface area contributed by atoms with Crippen LogP contribution >= 0.6 is 0 Å². The Bertz CT molecular complexity index is 1650. The Morgan fingerprint density at radius 1 is 0.606 bits per heavy atom. The average molecular weight is 935 g/mol. The number of carbonyl (C=O) groups excluding carboxylic acids is 3. The van der Waals surface area contributed by atoms with Crippen LogP contribution < -0.4 is 0 Å². The van der Waals surface area contributed by atoms with Gasteiger partial charge in [-0.05, 0) is 193 Å². The molecule has 8 saturated carbocycles. The van der Waals surface area contributed by atoms with E-state index >= 15 is 0 Å². The Morgan fingerprint density at radius 2 is 1.12 bits per heavy atom. The van der Waals surface area contributed by atoms with Crippen LogP contribution in [0.2, 0.25) is 0 Å². The Kier molecular flexibility index (Phi) is 18.8. The molecule has 1 N–H and O–H groups in total. The fraction of sp³-hybridized carbons (Fsp3) is 0.947. The van der Waals surface area contributed by atoms with Crippen molar-refractivity contribution in [1.82, 2.24) is 0 Å². The molecule has 0 radical (unpaired) electrons. The maximum absolute atomic E-state index is 12.7. The summed E-state index contributed by atoms with van der Waals surface area (Å²) in [6.45, 7) is 24.4. The third kappa shape index (κ3) is 10.2. The lowest BCUT2D eigenvalue weighted by Gasteiger charge is -2.59. The van der Waals surface area contributed by atoms with Crippen LogP contribution in [0.3, 0.4) is 0 Å². The van der Waals surface area contributed by atoms with E-state index in [2.05, 4.69) is 27.7 Å². The van der Waals surface area contributed by atoms with Crippen molar-refractivity contribution in [3.05, 3.63) is 0 Å². The monoisotopic (exact) mass is 935 g/mol. The van der Waals surface area contributed by atoms with Gasteiger partial charge in [0.15, 0.2) is 6.10 Å². The van der Waals surface area contributed by atoms with Gasteiger partial charge in [0.1, 0.15) is 17.3 Å². The molecule has 66 heavy (non-hydrogen) atoms. The molecule has 3 aliphatic heterocycles. The second-order valence-corrected chi connectivity index (χ2v) is 24.6. The van der Waals surface area contributed by atoms with E-state index in [4.69, 9.17) is 23.7 Å². The van der Waals surface area contributed by atoms with E-state index in [-0.39, 0.29) is 109 Å². The van der Waals surface area contributed by atoms with Gasteiger partial charge in [-0.15, -0.1) is 0 Å². The van der Waals surface area contributed by atoms with Gasteiger partial charge in [-0.25, -0.2) is 0 Å². The zero-order valence-electron chi connectivity index (χ0n) is 39.5. The van der Waals surface area contributed by atoms with Gasteiger partial charge in [0.2, 0.25) is 0 Å². The Hall–Kier alpha value is -1.71. The molecular weight excluding hydrogens is 829 g/mol. The fourth-order valence-corrected chi connectivity index (χ4v) is 15.0. The maximum atomic E-state index is 12.7. The van der Waals surface area contributed by atoms with E-state index < -0.39 is 16.4 Å². The summed E-state index contributed by atoms with van der Waals surface area (Å²) in [5, 5.41) is 10.6. The van der Waals surface area contributed by atoms with Gasteiger partial charge >= 0.3 is 17.9 Å². The molecule has 14 unspecified atom stereocenters. The Morgan fingerprint density at radius 3 is 1.64 bits per heavy atom. The predicted octanol–water partition coefficient (Wildman–Crippen LogP) is 14.0. The largest absolute Gasteiger partial charge is 0.459 e. The van der Waals surface area contributed by atoms with Gasteiger partial charge in [0.05, 0.1) is 39.7 Å². The molecular formula is C57H106O9. The first-order chi connectivity index (χ1) is 27.9. The number of carbonyl (C=O) groups is 3. The van der Waals surface area contributed by atoms with Gasteiger partial charge in [-0.2, -0.15) is 0 Å². The highest BCUT2D eigenvalue weighted by Crippen LogP contribution is 2.71. The molecule has 11 rings (SSSR count). The van der Waals surface area contributed by atoms with Crippen molar-refractivity contribution in [2.24, 2.45) is 69.5 Å². The molecule has 0 aromatic heterocycles. The highest BCUT2D eigenvalue weighted by molar-refractivity contribution is 5.77. The van der Waals surface area contributed by atoms with Gasteiger partial charge < -0.3 is 28.8 Å². The summed E-state index contributed by atoms with van der Waals surface area (Å²) in [4.78, 5) is 37.3. The summed E-state index contributed by atoms with van der Waals surface area (Å²) >= 11 is 0. The maximum Gasteiger partial charge on any atom is 0.312 e. The van der Waals surface area contributed by atoms with E-state index in [1.165, 1.54) is 32.1 Å². The first kappa shape index (κ1) is 60.4. The number of fused-ring (bicyclic) bond motifs is 10. The minimum absolute atomic E-state index is 0. The van der Waals surface area contributed by atoms with Crippen LogP contribution in [-0.2, 0) is 38.1 Å². The number of aliphatic hydroxyl groups is 1. The summed E-state index contributed by atoms with van der Waals surface area (Å²) in [6.07, 6.45) is 16.8. The summed E-state index contributed by atoms with van der Waals surface area (Å²) in [6, 6.07) is 0. The number of esters is 3. The average Bonchev–Trinajstić information content (AvgIpc) is 4.04. The van der Waals surface area contributed by atoms with Crippen LogP contribution in [0.5, 0.6) is 0 Å². The van der Waals surface area contributed by atoms with Gasteiger partial charge in [-0.1, -0.05) is 72.3 Å². The Balaban J connectivity index is 0.000000326. The van der Waals surface area contributed by atoms with E-state index in [1.54, 1.807) is 0 Å². The molecule has 0 spiro atoms. The van der Waals surface area contributed by atoms with E-state index in [9.17, 15) is 19.5 Å². The summed E-state index contributed by atoms with van der Waals surface area (Å²) in [5.74, 6) is 6.74. The summed E-state index contributed by atoms with van der Waals surface area (Å²) in [5.41, 5.74) is -2.38. The standard InChI is InChI=1S/C20H32O2.C16H26O3.C15H24O4.6CH4/c1-5-19(3,4)18(21)22-20(6-2)11-14-10-15(20)17-13-8-7-12(9-13)16(14)17;1-4-14(2,3)13(17)19-16-8-11-5-12(9-16)7-15(18,6-11)10-16;1-6-14(2,3)13(16)18-11-9-7-8-10(17-9)12(11)19-15(8,4)5;;;;;;/h12-17H,5-11H2,1-4H3;11-12,18H,4-10H2,1-3H3;8-12H,6-7H2,1-5H3;6*1H4. The third-order valence-corrected chi connectivity index (χ3v) is 19.2. The number of ether oxygens (including phenoxy) is 5. The molecule has 0 aromatic carbocycles. The van der Waals surface area contributed by atoms with Crippen molar-refractivity contribution >= 4 is 17.9 Å². The molecule has 8 aliphatic carbocycles. The molecule has 11 fully saturated rings. The van der Waals surface area contributed by atoms with Crippen molar-refractivity contribution < 1.29 is 43.2 Å². The third-order valence-electron chi connectivity index (χ3n) is 19.2. The zero-order valence-corrected chi connectivity index (χ0v) is 39.5. The lowest BCUT2D eigenvalue weighted by molar-refractivity contribution is -0.225. The molecule has 14 atom stereocenters. The van der Waals surface area contributed by atoms with Crippen LogP contribution in [0.25, 0.3) is 0 Å². The topological polar surface area (TPSA) is 118 Å². The molecule has 3 saturated heterocycles. The molecule has 9 nitrogen and oxygen atoms in total. The summed E-state index contributed by atoms with van der Waals surface area (Å²) in [7, 11) is 0. The normalized spacial score (nSPS) is 41.3.